The van der Waals surface area contributed by atoms with E-state index in [0.29, 0.717) is 31.1 Å². The summed E-state index contributed by atoms with van der Waals surface area (Å²) >= 11 is 0. The third-order valence-corrected chi connectivity index (χ3v) is 4.79. The fourth-order valence-corrected chi connectivity index (χ4v) is 3.37. The SMILES string of the molecule is Cc1ccnc(-c2cc(C(=O)N3CCOC[C@H]3Cc3ccccc3)[nH]n2)c1. The van der Waals surface area contributed by atoms with Gasteiger partial charge >= 0.3 is 0 Å². The van der Waals surface area contributed by atoms with Crippen LogP contribution in [0.2, 0.25) is 0 Å². The van der Waals surface area contributed by atoms with Crippen LogP contribution in [0.4, 0.5) is 0 Å². The van der Waals surface area contributed by atoms with Crippen LogP contribution in [0.5, 0.6) is 0 Å². The molecule has 0 spiro atoms. The van der Waals surface area contributed by atoms with Gasteiger partial charge in [-0.3, -0.25) is 14.9 Å². The van der Waals surface area contributed by atoms with Crippen LogP contribution in [0.25, 0.3) is 11.4 Å². The highest BCUT2D eigenvalue weighted by molar-refractivity contribution is 5.93. The van der Waals surface area contributed by atoms with Crippen LogP contribution in [0, 0.1) is 6.92 Å². The molecule has 0 unspecified atom stereocenters. The van der Waals surface area contributed by atoms with Crippen molar-refractivity contribution in [3.63, 3.8) is 0 Å². The van der Waals surface area contributed by atoms with E-state index in [-0.39, 0.29) is 11.9 Å². The summed E-state index contributed by atoms with van der Waals surface area (Å²) in [4.78, 5) is 19.3. The summed E-state index contributed by atoms with van der Waals surface area (Å²) in [5.41, 5.74) is 4.21. The number of aryl methyl sites for hydroxylation is 1. The van der Waals surface area contributed by atoms with Crippen molar-refractivity contribution in [3.8, 4) is 11.4 Å². The van der Waals surface area contributed by atoms with Crippen molar-refractivity contribution in [3.05, 3.63) is 71.5 Å². The van der Waals surface area contributed by atoms with Crippen LogP contribution in [0.15, 0.2) is 54.7 Å². The summed E-state index contributed by atoms with van der Waals surface area (Å²) in [6.07, 6.45) is 2.52. The van der Waals surface area contributed by atoms with E-state index in [0.717, 1.165) is 17.7 Å². The Bertz CT molecular complexity index is 923. The number of aromatic nitrogens is 3. The van der Waals surface area contributed by atoms with Gasteiger partial charge in [-0.25, -0.2) is 0 Å². The van der Waals surface area contributed by atoms with Gasteiger partial charge in [-0.1, -0.05) is 30.3 Å². The topological polar surface area (TPSA) is 71.1 Å². The lowest BCUT2D eigenvalue weighted by molar-refractivity contribution is -0.00195. The Labute approximate surface area is 158 Å². The van der Waals surface area contributed by atoms with E-state index in [1.165, 1.54) is 5.56 Å². The van der Waals surface area contributed by atoms with E-state index in [1.54, 1.807) is 12.3 Å². The minimum atomic E-state index is -0.0503. The van der Waals surface area contributed by atoms with Crippen molar-refractivity contribution < 1.29 is 9.53 Å². The molecule has 6 heteroatoms. The highest BCUT2D eigenvalue weighted by atomic mass is 16.5. The third-order valence-electron chi connectivity index (χ3n) is 4.79. The summed E-state index contributed by atoms with van der Waals surface area (Å²) in [6.45, 7) is 3.68. The minimum absolute atomic E-state index is 0.0116. The Balaban J connectivity index is 1.54. The van der Waals surface area contributed by atoms with Gasteiger partial charge in [-0.15, -0.1) is 0 Å². The Kier molecular flexibility index (Phi) is 4.98. The molecule has 1 aromatic carbocycles. The molecule has 1 N–H and O–H groups in total. The van der Waals surface area contributed by atoms with Gasteiger partial charge in [0, 0.05) is 12.7 Å². The van der Waals surface area contributed by atoms with Crippen LogP contribution < -0.4 is 0 Å². The summed E-state index contributed by atoms with van der Waals surface area (Å²) < 4.78 is 5.63. The molecule has 3 heterocycles. The zero-order chi connectivity index (χ0) is 18.6. The molecule has 6 nitrogen and oxygen atoms in total. The summed E-state index contributed by atoms with van der Waals surface area (Å²) in [6, 6.07) is 15.9. The summed E-state index contributed by atoms with van der Waals surface area (Å²) in [7, 11) is 0. The number of H-pyrrole nitrogens is 1. The number of nitrogens with one attached hydrogen (secondary N) is 1. The zero-order valence-corrected chi connectivity index (χ0v) is 15.3. The van der Waals surface area contributed by atoms with E-state index in [9.17, 15) is 4.79 Å². The monoisotopic (exact) mass is 362 g/mol. The number of carbonyl (C=O) groups excluding carboxylic acids is 1. The quantitative estimate of drug-likeness (QED) is 0.775. The van der Waals surface area contributed by atoms with Gasteiger partial charge < -0.3 is 9.64 Å². The Morgan fingerprint density at radius 1 is 1.22 bits per heavy atom. The molecule has 1 aliphatic heterocycles. The molecular formula is C21H22N4O2. The fourth-order valence-electron chi connectivity index (χ4n) is 3.37. The first-order chi connectivity index (χ1) is 13.2. The third kappa shape index (κ3) is 3.90. The van der Waals surface area contributed by atoms with Gasteiger partial charge in [0.1, 0.15) is 11.4 Å². The van der Waals surface area contributed by atoms with Crippen molar-refractivity contribution >= 4 is 5.91 Å². The van der Waals surface area contributed by atoms with E-state index in [2.05, 4.69) is 27.3 Å². The predicted molar refractivity (Wildman–Crippen MR) is 102 cm³/mol. The first kappa shape index (κ1) is 17.4. The van der Waals surface area contributed by atoms with Crippen molar-refractivity contribution in [1.82, 2.24) is 20.1 Å². The maximum atomic E-state index is 13.1. The molecule has 3 aromatic rings. The van der Waals surface area contributed by atoms with Crippen molar-refractivity contribution in [2.24, 2.45) is 0 Å². The van der Waals surface area contributed by atoms with Crippen molar-refractivity contribution in [1.29, 1.82) is 0 Å². The van der Waals surface area contributed by atoms with Gasteiger partial charge in [-0.2, -0.15) is 5.10 Å². The number of nitrogens with zero attached hydrogens (tertiary/aromatic N) is 3. The second kappa shape index (κ2) is 7.72. The number of morpholine rings is 1. The van der Waals surface area contributed by atoms with E-state index in [1.807, 2.05) is 42.2 Å². The van der Waals surface area contributed by atoms with Gasteiger partial charge in [0.2, 0.25) is 0 Å². The average Bonchev–Trinajstić information content (AvgIpc) is 3.19. The lowest BCUT2D eigenvalue weighted by atomic mass is 10.0. The fraction of sp³-hybridized carbons (Fsp3) is 0.286. The van der Waals surface area contributed by atoms with Crippen molar-refractivity contribution in [2.75, 3.05) is 19.8 Å². The lowest BCUT2D eigenvalue weighted by Gasteiger charge is -2.35. The molecule has 1 saturated heterocycles. The van der Waals surface area contributed by atoms with E-state index >= 15 is 0 Å². The number of hydrogen-bond acceptors (Lipinski definition) is 4. The first-order valence-corrected chi connectivity index (χ1v) is 9.12. The molecule has 2 aromatic heterocycles. The second-order valence-corrected chi connectivity index (χ2v) is 6.80. The van der Waals surface area contributed by atoms with Gasteiger partial charge in [0.15, 0.2) is 0 Å². The Hall–Kier alpha value is -2.99. The number of aromatic amines is 1. The molecule has 138 valence electrons. The molecule has 0 aliphatic carbocycles. The molecule has 4 rings (SSSR count). The summed E-state index contributed by atoms with van der Waals surface area (Å²) in [5.74, 6) is -0.0503. The second-order valence-electron chi connectivity index (χ2n) is 6.80. The van der Waals surface area contributed by atoms with E-state index in [4.69, 9.17) is 4.74 Å². The number of pyridine rings is 1. The van der Waals surface area contributed by atoms with Crippen LogP contribution in [0.1, 0.15) is 21.6 Å². The number of ether oxygens (including phenoxy) is 1. The normalized spacial score (nSPS) is 17.1. The highest BCUT2D eigenvalue weighted by Crippen LogP contribution is 2.20. The maximum absolute atomic E-state index is 13.1. The van der Waals surface area contributed by atoms with Gasteiger partial charge in [0.25, 0.3) is 5.91 Å². The maximum Gasteiger partial charge on any atom is 0.272 e. The average molecular weight is 362 g/mol. The summed E-state index contributed by atoms with van der Waals surface area (Å²) in [5, 5.41) is 7.17. The molecule has 0 radical (unpaired) electrons. The number of amides is 1. The standard InChI is InChI=1S/C21H22N4O2/c1-15-7-8-22-18(11-15)19-13-20(24-23-19)21(26)25-9-10-27-14-17(25)12-16-5-3-2-4-6-16/h2-8,11,13,17H,9-10,12,14H2,1H3,(H,23,24)/t17-/m1/s1. The zero-order valence-electron chi connectivity index (χ0n) is 15.3. The Morgan fingerprint density at radius 3 is 2.89 bits per heavy atom. The van der Waals surface area contributed by atoms with Gasteiger partial charge in [0.05, 0.1) is 24.9 Å². The van der Waals surface area contributed by atoms with Crippen LogP contribution >= 0.6 is 0 Å². The lowest BCUT2D eigenvalue weighted by Crippen LogP contribution is -2.49. The predicted octanol–water partition coefficient (Wildman–Crippen LogP) is 2.86. The number of hydrogen-bond donors (Lipinski definition) is 1. The van der Waals surface area contributed by atoms with Crippen LogP contribution in [-0.4, -0.2) is 51.8 Å². The van der Waals surface area contributed by atoms with Crippen LogP contribution in [0.3, 0.4) is 0 Å². The molecule has 27 heavy (non-hydrogen) atoms. The molecule has 1 atom stereocenters. The molecule has 0 bridgehead atoms. The molecule has 1 fully saturated rings. The van der Waals surface area contributed by atoms with Crippen molar-refractivity contribution in [2.45, 2.75) is 19.4 Å². The number of benzene rings is 1. The molecule has 1 aliphatic rings. The highest BCUT2D eigenvalue weighted by Gasteiger charge is 2.29. The minimum Gasteiger partial charge on any atom is -0.377 e. The number of rotatable bonds is 4. The molecule has 1 amide bonds. The molecule has 0 saturated carbocycles. The Morgan fingerprint density at radius 2 is 2.07 bits per heavy atom. The largest absolute Gasteiger partial charge is 0.377 e. The van der Waals surface area contributed by atoms with Gasteiger partial charge in [-0.05, 0) is 42.7 Å². The number of carbonyl (C=O) groups is 1. The first-order valence-electron chi connectivity index (χ1n) is 9.12. The van der Waals surface area contributed by atoms with E-state index < -0.39 is 0 Å². The van der Waals surface area contributed by atoms with Crippen LogP contribution in [-0.2, 0) is 11.2 Å². The molecular weight excluding hydrogens is 340 g/mol. The smallest absolute Gasteiger partial charge is 0.272 e.